The van der Waals surface area contributed by atoms with Gasteiger partial charge >= 0.3 is 0 Å². The summed E-state index contributed by atoms with van der Waals surface area (Å²) in [5, 5.41) is 0. The van der Waals surface area contributed by atoms with E-state index < -0.39 is 22.7 Å². The number of hydrogen-bond donors (Lipinski definition) is 3. The molecular weight excluding hydrogens is 371 g/mol. The second kappa shape index (κ2) is 16.4. The van der Waals surface area contributed by atoms with Gasteiger partial charge in [-0.05, 0) is 0 Å². The fourth-order valence-electron chi connectivity index (χ4n) is 0. The molecule has 5 N–H and O–H groups in total. The minimum Gasteiger partial charge on any atom is -0.750 e. The van der Waals surface area contributed by atoms with E-state index in [-0.39, 0.29) is 26.5 Å². The van der Waals surface area contributed by atoms with Crippen molar-refractivity contribution in [3.8, 4) is 0 Å². The van der Waals surface area contributed by atoms with Crippen LogP contribution >= 0.6 is 0 Å². The molecule has 0 radical (unpaired) electrons. The predicted octanol–water partition coefficient (Wildman–Crippen LogP) is -1.81. The molecule has 0 aliphatic rings. The van der Waals surface area contributed by atoms with Crippen LogP contribution in [0.2, 0.25) is 0 Å². The van der Waals surface area contributed by atoms with E-state index >= 15 is 0 Å². The molecule has 0 spiro atoms. The van der Waals surface area contributed by atoms with E-state index in [2.05, 4.69) is 0 Å². The van der Waals surface area contributed by atoms with Gasteiger partial charge in [0.05, 0.1) is 11.4 Å². The van der Waals surface area contributed by atoms with Gasteiger partial charge in [0.25, 0.3) is 11.4 Å². The van der Waals surface area contributed by atoms with E-state index in [1.165, 1.54) is 0 Å². The molecule has 10 heavy (non-hydrogen) atoms. The fourth-order valence-corrected chi connectivity index (χ4v) is 0. The molecule has 0 saturated heterocycles. The van der Waals surface area contributed by atoms with Crippen molar-refractivity contribution in [1.29, 1.82) is 0 Å². The first kappa shape index (κ1) is 22.4. The zero-order valence-electron chi connectivity index (χ0n) is 4.20. The number of hydrogen-bond acceptors (Lipinski definition) is 3. The SMILES string of the molecule is O.O=S(O)O.O=S([O-])O.[Pt]. The van der Waals surface area contributed by atoms with Crippen LogP contribution in [0.25, 0.3) is 0 Å². The van der Waals surface area contributed by atoms with Crippen molar-refractivity contribution in [2.75, 3.05) is 0 Å². The monoisotopic (exact) mass is 376 g/mol. The van der Waals surface area contributed by atoms with E-state index in [4.69, 9.17) is 26.6 Å². The quantitative estimate of drug-likeness (QED) is 0.424. The van der Waals surface area contributed by atoms with E-state index in [0.29, 0.717) is 0 Å². The molecule has 0 aromatic rings. The van der Waals surface area contributed by atoms with Gasteiger partial charge in [-0.3, -0.25) is 9.11 Å². The van der Waals surface area contributed by atoms with Gasteiger partial charge in [-0.1, -0.05) is 0 Å². The molecule has 0 heterocycles. The molecule has 0 fully saturated rings. The smallest absolute Gasteiger partial charge is 0.299 e. The summed E-state index contributed by atoms with van der Waals surface area (Å²) in [5.74, 6) is 0. The minimum atomic E-state index is -2.86. The van der Waals surface area contributed by atoms with Gasteiger partial charge in [-0.2, -0.15) is 4.21 Å². The molecule has 70 valence electrons. The van der Waals surface area contributed by atoms with Crippen LogP contribution in [0, 0.1) is 0 Å². The molecule has 7 nitrogen and oxygen atoms in total. The molecule has 10 heteroatoms. The Kier molecular flexibility index (Phi) is 36.8. The van der Waals surface area contributed by atoms with Crippen LogP contribution in [-0.4, -0.2) is 32.1 Å². The van der Waals surface area contributed by atoms with Gasteiger partial charge < -0.3 is 14.6 Å². The van der Waals surface area contributed by atoms with Crippen LogP contribution in [0.15, 0.2) is 0 Å². The maximum atomic E-state index is 8.67. The average Bonchev–Trinajstić information content (AvgIpc) is 1.25. The third-order valence-electron chi connectivity index (χ3n) is 0. The van der Waals surface area contributed by atoms with Crippen molar-refractivity contribution < 1.29 is 53.2 Å². The van der Waals surface area contributed by atoms with E-state index in [9.17, 15) is 0 Å². The maximum Gasteiger partial charge on any atom is 0.299 e. The molecule has 1 unspecified atom stereocenters. The molecule has 0 rings (SSSR count). The Morgan fingerprint density at radius 2 is 1.10 bits per heavy atom. The van der Waals surface area contributed by atoms with Crippen molar-refractivity contribution in [2.45, 2.75) is 0 Å². The summed E-state index contributed by atoms with van der Waals surface area (Å²) in [6.45, 7) is 0. The van der Waals surface area contributed by atoms with Crippen molar-refractivity contribution in [3.63, 3.8) is 0 Å². The third-order valence-corrected chi connectivity index (χ3v) is 0. The van der Waals surface area contributed by atoms with Gasteiger partial charge in [-0.25, -0.2) is 4.21 Å². The van der Waals surface area contributed by atoms with Gasteiger partial charge in [0.1, 0.15) is 0 Å². The summed E-state index contributed by atoms with van der Waals surface area (Å²) in [7, 11) is 0. The van der Waals surface area contributed by atoms with Gasteiger partial charge in [0.2, 0.25) is 0 Å². The normalized spacial score (nSPS) is 9.70. The first-order chi connectivity index (χ1) is 3.46. The summed E-state index contributed by atoms with van der Waals surface area (Å²) in [4.78, 5) is 0. The van der Waals surface area contributed by atoms with E-state index in [0.717, 1.165) is 0 Å². The van der Waals surface area contributed by atoms with Crippen LogP contribution in [0.3, 0.4) is 0 Å². The summed E-state index contributed by atoms with van der Waals surface area (Å²) in [6, 6.07) is 0. The summed E-state index contributed by atoms with van der Waals surface area (Å²) >= 11 is -5.47. The van der Waals surface area contributed by atoms with E-state index in [1.807, 2.05) is 0 Å². The van der Waals surface area contributed by atoms with E-state index in [1.54, 1.807) is 0 Å². The Morgan fingerprint density at radius 3 is 1.10 bits per heavy atom. The summed E-state index contributed by atoms with van der Waals surface area (Å²) < 4.78 is 46.9. The maximum absolute atomic E-state index is 8.67. The molecule has 0 aromatic carbocycles. The summed E-state index contributed by atoms with van der Waals surface area (Å²) in [6.07, 6.45) is 0. The fraction of sp³-hybridized carbons (Fsp3) is 0. The largest absolute Gasteiger partial charge is 0.750 e. The first-order valence-corrected chi connectivity index (χ1v) is 3.14. The first-order valence-electron chi connectivity index (χ1n) is 1.05. The number of rotatable bonds is 0. The second-order valence-electron chi connectivity index (χ2n) is 0.448. The Bertz CT molecular complexity index is 69.6. The molecule has 1 atom stereocenters. The molecular formula is H5O7PtS2-. The minimum absolute atomic E-state index is 0. The van der Waals surface area contributed by atoms with Gasteiger partial charge in [-0.15, -0.1) is 0 Å². The predicted molar refractivity (Wildman–Crippen MR) is 28.6 cm³/mol. The zero-order chi connectivity index (χ0) is 7.15. The van der Waals surface area contributed by atoms with Crippen molar-refractivity contribution in [1.82, 2.24) is 0 Å². The molecule has 0 aromatic heterocycles. The topological polar surface area (TPSA) is 149 Å². The van der Waals surface area contributed by atoms with Gasteiger partial charge in [0.15, 0.2) is 0 Å². The van der Waals surface area contributed by atoms with Crippen molar-refractivity contribution in [2.24, 2.45) is 0 Å². The average molecular weight is 376 g/mol. The Hall–Kier alpha value is 0.788. The van der Waals surface area contributed by atoms with Crippen molar-refractivity contribution >= 4 is 22.7 Å². The van der Waals surface area contributed by atoms with Crippen LogP contribution in [0.4, 0.5) is 0 Å². The third kappa shape index (κ3) is 858. The molecule has 0 amide bonds. The second-order valence-corrected chi connectivity index (χ2v) is 1.34. The van der Waals surface area contributed by atoms with Crippen LogP contribution in [-0.2, 0) is 43.8 Å². The molecule has 0 saturated carbocycles. The van der Waals surface area contributed by atoms with Crippen LogP contribution < -0.4 is 0 Å². The standard InChI is InChI=1S/2H2O3S.H2O.Pt/c2*1-4(2)3;;/h2*(H2,1,2,3);1H2;/p-1. The Labute approximate surface area is 76.0 Å². The molecule has 0 bridgehead atoms. The van der Waals surface area contributed by atoms with Crippen LogP contribution in [0.5, 0.6) is 0 Å². The molecule has 0 aliphatic heterocycles. The Balaban J connectivity index is -0.0000000300. The zero-order valence-corrected chi connectivity index (χ0v) is 8.10. The van der Waals surface area contributed by atoms with Crippen molar-refractivity contribution in [3.05, 3.63) is 0 Å². The van der Waals surface area contributed by atoms with Gasteiger partial charge in [0, 0.05) is 21.1 Å². The molecule has 0 aliphatic carbocycles. The van der Waals surface area contributed by atoms with Crippen LogP contribution in [0.1, 0.15) is 0 Å². The summed E-state index contributed by atoms with van der Waals surface area (Å²) in [5.41, 5.74) is 0. The Morgan fingerprint density at radius 1 is 1.10 bits per heavy atom.